The number of hydrogen-bond donors (Lipinski definition) is 1. The van der Waals surface area contributed by atoms with E-state index in [-0.39, 0.29) is 24.0 Å². The van der Waals surface area contributed by atoms with Crippen LogP contribution in [0.5, 0.6) is 0 Å². The molecular weight excluding hydrogens is 291 g/mol. The lowest BCUT2D eigenvalue weighted by Crippen LogP contribution is -2.25. The fourth-order valence-corrected chi connectivity index (χ4v) is 1.93. The van der Waals surface area contributed by atoms with Crippen LogP contribution in [0.3, 0.4) is 0 Å². The highest BCUT2D eigenvalue weighted by molar-refractivity contribution is 5.92. The molecule has 0 fully saturated rings. The number of halogens is 1. The van der Waals surface area contributed by atoms with Gasteiger partial charge >= 0.3 is 5.69 Å². The van der Waals surface area contributed by atoms with Gasteiger partial charge in [0.05, 0.1) is 17.4 Å². The van der Waals surface area contributed by atoms with Crippen molar-refractivity contribution >= 4 is 17.3 Å². The topological polar surface area (TPSA) is 90.1 Å². The molecule has 116 valence electrons. The number of rotatable bonds is 5. The molecule has 0 aliphatic carbocycles. The van der Waals surface area contributed by atoms with Crippen molar-refractivity contribution in [3.8, 4) is 0 Å². The smallest absolute Gasteiger partial charge is 0.306 e. The zero-order valence-electron chi connectivity index (χ0n) is 12.1. The van der Waals surface area contributed by atoms with E-state index in [0.29, 0.717) is 11.3 Å². The van der Waals surface area contributed by atoms with Gasteiger partial charge in [-0.1, -0.05) is 6.92 Å². The minimum atomic E-state index is -0.546. The number of nitrogens with zero attached hydrogens (tertiary/aromatic N) is 3. The minimum Gasteiger partial charge on any atom is -0.326 e. The Morgan fingerprint density at radius 3 is 2.86 bits per heavy atom. The fraction of sp³-hybridized carbons (Fsp3) is 0.286. The number of carbonyl (C=O) groups excluding carboxylic acids is 1. The summed E-state index contributed by atoms with van der Waals surface area (Å²) in [6, 6.07) is 4.09. The molecule has 1 atom stereocenters. The van der Waals surface area contributed by atoms with E-state index < -0.39 is 10.8 Å². The third kappa shape index (κ3) is 3.66. The summed E-state index contributed by atoms with van der Waals surface area (Å²) in [4.78, 5) is 22.2. The molecule has 0 aliphatic rings. The van der Waals surface area contributed by atoms with Gasteiger partial charge in [-0.2, -0.15) is 5.10 Å². The monoisotopic (exact) mass is 306 g/mol. The second-order valence-electron chi connectivity index (χ2n) is 5.03. The molecule has 2 aromatic rings. The Labute approximate surface area is 125 Å². The Kier molecular flexibility index (Phi) is 4.50. The number of benzene rings is 1. The van der Waals surface area contributed by atoms with E-state index in [1.54, 1.807) is 13.8 Å². The Morgan fingerprint density at radius 1 is 1.55 bits per heavy atom. The molecule has 1 amide bonds. The predicted molar refractivity (Wildman–Crippen MR) is 77.8 cm³/mol. The Balaban J connectivity index is 2.00. The van der Waals surface area contributed by atoms with Crippen LogP contribution in [0.15, 0.2) is 30.6 Å². The quantitative estimate of drug-likeness (QED) is 0.679. The number of hydrogen-bond acceptors (Lipinski definition) is 4. The van der Waals surface area contributed by atoms with Crippen LogP contribution in [-0.2, 0) is 11.3 Å². The van der Waals surface area contributed by atoms with E-state index >= 15 is 0 Å². The van der Waals surface area contributed by atoms with Gasteiger partial charge in [0.1, 0.15) is 18.2 Å². The first kappa shape index (κ1) is 15.6. The van der Waals surface area contributed by atoms with Gasteiger partial charge in [-0.25, -0.2) is 4.39 Å². The van der Waals surface area contributed by atoms with Crippen LogP contribution in [0.2, 0.25) is 0 Å². The molecule has 1 heterocycles. The van der Waals surface area contributed by atoms with E-state index in [4.69, 9.17) is 0 Å². The van der Waals surface area contributed by atoms with Crippen LogP contribution in [0, 0.1) is 28.8 Å². The van der Waals surface area contributed by atoms with Crippen molar-refractivity contribution in [2.75, 3.05) is 5.32 Å². The highest BCUT2D eigenvalue weighted by atomic mass is 19.1. The van der Waals surface area contributed by atoms with Crippen molar-refractivity contribution in [2.45, 2.75) is 20.4 Å². The lowest BCUT2D eigenvalue weighted by molar-refractivity contribution is -0.385. The Bertz CT molecular complexity index is 714. The summed E-state index contributed by atoms with van der Waals surface area (Å²) < 4.78 is 14.4. The van der Waals surface area contributed by atoms with Gasteiger partial charge in [-0.3, -0.25) is 19.6 Å². The average molecular weight is 306 g/mol. The number of carbonyl (C=O) groups is 1. The second kappa shape index (κ2) is 6.33. The molecule has 0 unspecified atom stereocenters. The molecule has 8 heteroatoms. The standard InChI is InChI=1S/C14H15FN4O3/c1-9-5-11(15)3-4-13(9)17-14(20)10(2)7-18-8-12(6-16-18)19(21)22/h3-6,8,10H,7H2,1-2H3,(H,17,20)/t10-/m1/s1. The molecule has 0 saturated heterocycles. The predicted octanol–water partition coefficient (Wildman–Crippen LogP) is 2.51. The number of anilines is 1. The van der Waals surface area contributed by atoms with Crippen LogP contribution in [-0.4, -0.2) is 20.6 Å². The Morgan fingerprint density at radius 2 is 2.27 bits per heavy atom. The van der Waals surface area contributed by atoms with Gasteiger partial charge in [-0.05, 0) is 30.7 Å². The molecule has 1 aromatic carbocycles. The van der Waals surface area contributed by atoms with Crippen molar-refractivity contribution < 1.29 is 14.1 Å². The van der Waals surface area contributed by atoms with Crippen molar-refractivity contribution in [3.05, 3.63) is 52.1 Å². The van der Waals surface area contributed by atoms with Crippen molar-refractivity contribution in [1.82, 2.24) is 9.78 Å². The van der Waals surface area contributed by atoms with Gasteiger partial charge in [-0.15, -0.1) is 0 Å². The van der Waals surface area contributed by atoms with Crippen molar-refractivity contribution in [1.29, 1.82) is 0 Å². The molecule has 0 saturated carbocycles. The summed E-state index contributed by atoms with van der Waals surface area (Å²) in [6.45, 7) is 3.59. The van der Waals surface area contributed by atoms with Gasteiger partial charge in [0, 0.05) is 5.69 Å². The molecule has 0 radical (unpaired) electrons. The number of nitrogens with one attached hydrogen (secondary N) is 1. The van der Waals surface area contributed by atoms with E-state index in [9.17, 15) is 19.3 Å². The molecule has 1 N–H and O–H groups in total. The second-order valence-corrected chi connectivity index (χ2v) is 5.03. The SMILES string of the molecule is Cc1cc(F)ccc1NC(=O)[C@H](C)Cn1cc([N+](=O)[O-])cn1. The maximum Gasteiger partial charge on any atom is 0.306 e. The summed E-state index contributed by atoms with van der Waals surface area (Å²) in [6.07, 6.45) is 2.40. The summed E-state index contributed by atoms with van der Waals surface area (Å²) in [7, 11) is 0. The molecule has 0 spiro atoms. The number of aromatic nitrogens is 2. The van der Waals surface area contributed by atoms with Gasteiger partial charge in [0.25, 0.3) is 0 Å². The van der Waals surface area contributed by atoms with Crippen LogP contribution in [0.1, 0.15) is 12.5 Å². The molecule has 1 aromatic heterocycles. The summed E-state index contributed by atoms with van der Waals surface area (Å²) >= 11 is 0. The summed E-state index contributed by atoms with van der Waals surface area (Å²) in [5.41, 5.74) is 1.03. The van der Waals surface area contributed by atoms with Crippen LogP contribution in [0.25, 0.3) is 0 Å². The normalized spacial score (nSPS) is 12.0. The fourth-order valence-electron chi connectivity index (χ4n) is 1.93. The first-order valence-corrected chi connectivity index (χ1v) is 6.60. The van der Waals surface area contributed by atoms with E-state index in [0.717, 1.165) is 6.20 Å². The highest BCUT2D eigenvalue weighted by Crippen LogP contribution is 2.17. The third-order valence-corrected chi connectivity index (χ3v) is 3.19. The maximum absolute atomic E-state index is 13.0. The molecule has 22 heavy (non-hydrogen) atoms. The summed E-state index contributed by atoms with van der Waals surface area (Å²) in [5, 5.41) is 17.1. The minimum absolute atomic E-state index is 0.123. The summed E-state index contributed by atoms with van der Waals surface area (Å²) in [5.74, 6) is -1.09. The van der Waals surface area contributed by atoms with Crippen LogP contribution in [0.4, 0.5) is 15.8 Å². The van der Waals surface area contributed by atoms with Crippen molar-refractivity contribution in [3.63, 3.8) is 0 Å². The average Bonchev–Trinajstić information content (AvgIpc) is 2.90. The number of nitro groups is 1. The first-order valence-electron chi connectivity index (χ1n) is 6.60. The van der Waals surface area contributed by atoms with Gasteiger partial charge < -0.3 is 5.32 Å². The molecule has 0 bridgehead atoms. The van der Waals surface area contributed by atoms with Crippen LogP contribution >= 0.6 is 0 Å². The van der Waals surface area contributed by atoms with E-state index in [2.05, 4.69) is 10.4 Å². The zero-order valence-corrected chi connectivity index (χ0v) is 12.1. The lowest BCUT2D eigenvalue weighted by Gasteiger charge is -2.13. The third-order valence-electron chi connectivity index (χ3n) is 3.19. The first-order chi connectivity index (χ1) is 10.4. The van der Waals surface area contributed by atoms with E-state index in [1.165, 1.54) is 29.1 Å². The van der Waals surface area contributed by atoms with Gasteiger partial charge in [0.15, 0.2) is 0 Å². The molecular formula is C14H15FN4O3. The maximum atomic E-state index is 13.0. The molecule has 0 aliphatic heterocycles. The number of aryl methyl sites for hydroxylation is 1. The number of amides is 1. The lowest BCUT2D eigenvalue weighted by atomic mass is 10.1. The zero-order chi connectivity index (χ0) is 16.3. The van der Waals surface area contributed by atoms with Crippen molar-refractivity contribution in [2.24, 2.45) is 5.92 Å². The van der Waals surface area contributed by atoms with E-state index in [1.807, 2.05) is 0 Å². The largest absolute Gasteiger partial charge is 0.326 e. The van der Waals surface area contributed by atoms with Crippen LogP contribution < -0.4 is 5.32 Å². The molecule has 2 rings (SSSR count). The van der Waals surface area contributed by atoms with Gasteiger partial charge in [0.2, 0.25) is 5.91 Å². The molecule has 7 nitrogen and oxygen atoms in total. The Hall–Kier alpha value is -2.77. The highest BCUT2D eigenvalue weighted by Gasteiger charge is 2.17.